The van der Waals surface area contributed by atoms with E-state index < -0.39 is 0 Å². The monoisotopic (exact) mass is 320 g/mol. The Labute approximate surface area is 136 Å². The van der Waals surface area contributed by atoms with E-state index in [1.165, 1.54) is 12.8 Å². The smallest absolute Gasteiger partial charge is 0.251 e. The molecule has 1 saturated heterocycles. The molecule has 5 heteroatoms. The van der Waals surface area contributed by atoms with E-state index in [9.17, 15) is 9.59 Å². The Morgan fingerprint density at radius 2 is 2.05 bits per heavy atom. The van der Waals surface area contributed by atoms with Crippen LogP contribution in [-0.2, 0) is 4.79 Å². The quantitative estimate of drug-likeness (QED) is 0.907. The van der Waals surface area contributed by atoms with Gasteiger partial charge in [0.1, 0.15) is 0 Å². The topological polar surface area (TPSA) is 49.4 Å². The number of nitrogens with one attached hydrogen (secondary N) is 1. The Bertz CT molecular complexity index is 493. The van der Waals surface area contributed by atoms with Crippen molar-refractivity contribution in [3.8, 4) is 0 Å². The number of carbonyl (C=O) groups is 2. The first-order chi connectivity index (χ1) is 10.7. The molecule has 0 aromatic heterocycles. The van der Waals surface area contributed by atoms with Gasteiger partial charge in [-0.15, -0.1) is 0 Å². The first-order valence-electron chi connectivity index (χ1n) is 7.93. The fourth-order valence-electron chi connectivity index (χ4n) is 2.66. The van der Waals surface area contributed by atoms with Crippen LogP contribution in [0, 0.1) is 0 Å². The Hall–Kier alpha value is -1.49. The lowest BCUT2D eigenvalue weighted by molar-refractivity contribution is -0.130. The molecule has 0 aliphatic carbocycles. The highest BCUT2D eigenvalue weighted by Gasteiger charge is 2.22. The van der Waals surface area contributed by atoms with Crippen molar-refractivity contribution in [3.05, 3.63) is 35.9 Å². The lowest BCUT2D eigenvalue weighted by Crippen LogP contribution is -2.42. The number of hydrogen-bond acceptors (Lipinski definition) is 3. The molecule has 0 unspecified atom stereocenters. The van der Waals surface area contributed by atoms with Crippen LogP contribution >= 0.6 is 11.8 Å². The SMILES string of the molecule is CCS[C@@H]1CCCCN(C(=O)CNC(=O)c2ccccc2)C1. The summed E-state index contributed by atoms with van der Waals surface area (Å²) < 4.78 is 0. The second kappa shape index (κ2) is 8.83. The fraction of sp³-hybridized carbons (Fsp3) is 0.529. The third-order valence-corrected chi connectivity index (χ3v) is 5.01. The summed E-state index contributed by atoms with van der Waals surface area (Å²) in [7, 11) is 0. The van der Waals surface area contributed by atoms with Gasteiger partial charge in [0.05, 0.1) is 6.54 Å². The molecule has 1 N–H and O–H groups in total. The number of amides is 2. The molecule has 0 bridgehead atoms. The molecule has 0 spiro atoms. The van der Waals surface area contributed by atoms with E-state index in [1.807, 2.05) is 34.9 Å². The van der Waals surface area contributed by atoms with Crippen molar-refractivity contribution >= 4 is 23.6 Å². The highest BCUT2D eigenvalue weighted by Crippen LogP contribution is 2.21. The van der Waals surface area contributed by atoms with Gasteiger partial charge in [0.15, 0.2) is 0 Å². The highest BCUT2D eigenvalue weighted by atomic mass is 32.2. The molecule has 1 aromatic carbocycles. The molecule has 120 valence electrons. The highest BCUT2D eigenvalue weighted by molar-refractivity contribution is 7.99. The van der Waals surface area contributed by atoms with Gasteiger partial charge >= 0.3 is 0 Å². The maximum atomic E-state index is 12.3. The van der Waals surface area contributed by atoms with Crippen LogP contribution in [0.4, 0.5) is 0 Å². The van der Waals surface area contributed by atoms with Gasteiger partial charge in [-0.2, -0.15) is 11.8 Å². The van der Waals surface area contributed by atoms with Crippen molar-refractivity contribution in [3.63, 3.8) is 0 Å². The van der Waals surface area contributed by atoms with Crippen molar-refractivity contribution in [2.24, 2.45) is 0 Å². The van der Waals surface area contributed by atoms with Crippen LogP contribution in [0.1, 0.15) is 36.5 Å². The molecule has 2 rings (SSSR count). The number of rotatable bonds is 5. The van der Waals surface area contributed by atoms with Crippen LogP contribution < -0.4 is 5.32 Å². The summed E-state index contributed by atoms with van der Waals surface area (Å²) >= 11 is 1.93. The first kappa shape index (κ1) is 16.9. The number of hydrogen-bond donors (Lipinski definition) is 1. The largest absolute Gasteiger partial charge is 0.343 e. The summed E-state index contributed by atoms with van der Waals surface area (Å²) in [5, 5.41) is 3.26. The molecule has 1 aliphatic heterocycles. The molecule has 0 radical (unpaired) electrons. The second-order valence-electron chi connectivity index (χ2n) is 5.46. The molecule has 1 atom stereocenters. The molecule has 1 fully saturated rings. The molecule has 1 aliphatic rings. The Morgan fingerprint density at radius 1 is 1.27 bits per heavy atom. The zero-order chi connectivity index (χ0) is 15.8. The maximum Gasteiger partial charge on any atom is 0.251 e. The zero-order valence-electron chi connectivity index (χ0n) is 13.1. The summed E-state index contributed by atoms with van der Waals surface area (Å²) in [6, 6.07) is 9.00. The lowest BCUT2D eigenvalue weighted by Gasteiger charge is -2.24. The van der Waals surface area contributed by atoms with Crippen LogP contribution in [0.25, 0.3) is 0 Å². The van der Waals surface area contributed by atoms with Gasteiger partial charge in [0, 0.05) is 23.9 Å². The van der Waals surface area contributed by atoms with Gasteiger partial charge < -0.3 is 10.2 Å². The van der Waals surface area contributed by atoms with Crippen molar-refractivity contribution in [1.82, 2.24) is 10.2 Å². The standard InChI is InChI=1S/C17H24N2O2S/c1-2-22-15-10-6-7-11-19(13-15)16(20)12-18-17(21)14-8-4-3-5-9-14/h3-5,8-9,15H,2,6-7,10-13H2,1H3,(H,18,21)/t15-/m1/s1. The van der Waals surface area contributed by atoms with E-state index in [0.29, 0.717) is 10.8 Å². The fourth-order valence-corrected chi connectivity index (χ4v) is 3.75. The minimum atomic E-state index is -0.191. The van der Waals surface area contributed by atoms with E-state index in [0.717, 1.165) is 25.3 Å². The van der Waals surface area contributed by atoms with E-state index in [-0.39, 0.29) is 18.4 Å². The number of benzene rings is 1. The molecule has 0 saturated carbocycles. The molecule has 22 heavy (non-hydrogen) atoms. The molecule has 2 amide bonds. The molecule has 1 heterocycles. The Morgan fingerprint density at radius 3 is 2.77 bits per heavy atom. The van der Waals surface area contributed by atoms with E-state index in [1.54, 1.807) is 12.1 Å². The van der Waals surface area contributed by atoms with Crippen molar-refractivity contribution < 1.29 is 9.59 Å². The summed E-state index contributed by atoms with van der Waals surface area (Å²) in [5.41, 5.74) is 0.589. The number of thioether (sulfide) groups is 1. The predicted molar refractivity (Wildman–Crippen MR) is 91.1 cm³/mol. The molecular formula is C17H24N2O2S. The lowest BCUT2D eigenvalue weighted by atomic mass is 10.2. The van der Waals surface area contributed by atoms with E-state index in [4.69, 9.17) is 0 Å². The summed E-state index contributed by atoms with van der Waals surface area (Å²) in [5.74, 6) is 0.911. The van der Waals surface area contributed by atoms with Gasteiger partial charge in [-0.1, -0.05) is 31.5 Å². The van der Waals surface area contributed by atoms with Gasteiger partial charge in [-0.05, 0) is 30.7 Å². The van der Waals surface area contributed by atoms with Crippen LogP contribution in [0.15, 0.2) is 30.3 Å². The summed E-state index contributed by atoms with van der Waals surface area (Å²) in [6.07, 6.45) is 3.41. The first-order valence-corrected chi connectivity index (χ1v) is 8.98. The van der Waals surface area contributed by atoms with Crippen molar-refractivity contribution in [2.45, 2.75) is 31.4 Å². The second-order valence-corrected chi connectivity index (χ2v) is 7.04. The van der Waals surface area contributed by atoms with Gasteiger partial charge in [0.2, 0.25) is 5.91 Å². The van der Waals surface area contributed by atoms with Crippen LogP contribution in [-0.4, -0.2) is 47.4 Å². The maximum absolute atomic E-state index is 12.3. The normalized spacial score (nSPS) is 18.6. The number of carbonyl (C=O) groups excluding carboxylic acids is 2. The predicted octanol–water partition coefficient (Wildman–Crippen LogP) is 2.55. The molecule has 1 aromatic rings. The number of likely N-dealkylation sites (tertiary alicyclic amines) is 1. The average molecular weight is 320 g/mol. The van der Waals surface area contributed by atoms with Crippen molar-refractivity contribution in [2.75, 3.05) is 25.4 Å². The van der Waals surface area contributed by atoms with Gasteiger partial charge in [-0.3, -0.25) is 9.59 Å². The number of nitrogens with zero attached hydrogens (tertiary/aromatic N) is 1. The van der Waals surface area contributed by atoms with E-state index >= 15 is 0 Å². The Balaban J connectivity index is 1.84. The molecule has 4 nitrogen and oxygen atoms in total. The van der Waals surface area contributed by atoms with Crippen LogP contribution in [0.5, 0.6) is 0 Å². The summed E-state index contributed by atoms with van der Waals surface area (Å²) in [6.45, 7) is 3.85. The van der Waals surface area contributed by atoms with Crippen LogP contribution in [0.2, 0.25) is 0 Å². The average Bonchev–Trinajstić information content (AvgIpc) is 2.79. The van der Waals surface area contributed by atoms with Gasteiger partial charge in [-0.25, -0.2) is 0 Å². The summed E-state index contributed by atoms with van der Waals surface area (Å²) in [4.78, 5) is 26.2. The third-order valence-electron chi connectivity index (χ3n) is 3.82. The third kappa shape index (κ3) is 5.05. The van der Waals surface area contributed by atoms with Crippen LogP contribution in [0.3, 0.4) is 0 Å². The van der Waals surface area contributed by atoms with E-state index in [2.05, 4.69) is 12.2 Å². The van der Waals surface area contributed by atoms with Crippen molar-refractivity contribution in [1.29, 1.82) is 0 Å². The molecular weight excluding hydrogens is 296 g/mol. The minimum absolute atomic E-state index is 0.0212. The van der Waals surface area contributed by atoms with Gasteiger partial charge in [0.25, 0.3) is 5.91 Å². The Kier molecular flexibility index (Phi) is 6.77. The minimum Gasteiger partial charge on any atom is -0.343 e. The zero-order valence-corrected chi connectivity index (χ0v) is 13.9.